The summed E-state index contributed by atoms with van der Waals surface area (Å²) in [5, 5.41) is 8.94. The van der Waals surface area contributed by atoms with E-state index >= 15 is 0 Å². The average molecular weight is 353 g/mol. The molecule has 5 heteroatoms. The lowest BCUT2D eigenvalue weighted by Gasteiger charge is -2.14. The molecule has 3 N–H and O–H groups in total. The molecule has 2 amide bonds. The van der Waals surface area contributed by atoms with Crippen molar-refractivity contribution in [2.45, 2.75) is 40.0 Å². The number of carbonyl (C=O) groups is 2. The van der Waals surface area contributed by atoms with Gasteiger partial charge in [0.1, 0.15) is 0 Å². The van der Waals surface area contributed by atoms with Crippen LogP contribution in [0, 0.1) is 6.92 Å². The lowest BCUT2D eigenvalue weighted by molar-refractivity contribution is -0.116. The van der Waals surface area contributed by atoms with Gasteiger partial charge in [0, 0.05) is 23.5 Å². The predicted octanol–water partition coefficient (Wildman–Crippen LogP) is 4.35. The first-order chi connectivity index (χ1) is 12.5. The molecule has 0 heterocycles. The van der Waals surface area contributed by atoms with Crippen LogP contribution in [0.1, 0.15) is 37.8 Å². The largest absolute Gasteiger partial charge is 0.376 e. The third-order valence-electron chi connectivity index (χ3n) is 4.10. The molecule has 0 bridgehead atoms. The molecule has 0 fully saturated rings. The van der Waals surface area contributed by atoms with E-state index in [0.29, 0.717) is 6.42 Å². The molecule has 0 aliphatic carbocycles. The first-order valence-electron chi connectivity index (χ1n) is 9.05. The molecule has 138 valence electrons. The highest BCUT2D eigenvalue weighted by Crippen LogP contribution is 2.21. The van der Waals surface area contributed by atoms with Crippen LogP contribution in [0.5, 0.6) is 0 Å². The van der Waals surface area contributed by atoms with Crippen LogP contribution in [-0.2, 0) is 16.0 Å². The minimum atomic E-state index is -0.0886. The summed E-state index contributed by atoms with van der Waals surface area (Å²) in [6.07, 6.45) is 2.20. The second-order valence-electron chi connectivity index (χ2n) is 6.24. The molecule has 5 nitrogen and oxygen atoms in total. The lowest BCUT2D eigenvalue weighted by atomic mass is 10.1. The first-order valence-corrected chi connectivity index (χ1v) is 9.05. The van der Waals surface area contributed by atoms with Crippen molar-refractivity contribution >= 4 is 28.9 Å². The Balaban J connectivity index is 1.89. The van der Waals surface area contributed by atoms with Crippen molar-refractivity contribution in [1.82, 2.24) is 0 Å². The van der Waals surface area contributed by atoms with Crippen LogP contribution in [0.25, 0.3) is 0 Å². The number of anilines is 3. The van der Waals surface area contributed by atoms with Crippen molar-refractivity contribution in [2.24, 2.45) is 0 Å². The molecule has 0 saturated heterocycles. The second-order valence-corrected chi connectivity index (χ2v) is 6.24. The van der Waals surface area contributed by atoms with Crippen molar-refractivity contribution in [3.63, 3.8) is 0 Å². The molecule has 2 aromatic carbocycles. The zero-order valence-electron chi connectivity index (χ0n) is 15.7. The number of hydrogen-bond donors (Lipinski definition) is 3. The van der Waals surface area contributed by atoms with E-state index in [-0.39, 0.29) is 18.4 Å². The third-order valence-corrected chi connectivity index (χ3v) is 4.10. The van der Waals surface area contributed by atoms with Crippen molar-refractivity contribution in [1.29, 1.82) is 0 Å². The number of amides is 2. The molecular formula is C21H27N3O2. The fourth-order valence-corrected chi connectivity index (χ4v) is 2.69. The summed E-state index contributed by atoms with van der Waals surface area (Å²) in [5.41, 5.74) is 4.67. The maximum Gasteiger partial charge on any atom is 0.243 e. The summed E-state index contributed by atoms with van der Waals surface area (Å²) in [4.78, 5) is 23.8. The monoisotopic (exact) mass is 353 g/mol. The quantitative estimate of drug-likeness (QED) is 0.661. The maximum atomic E-state index is 12.3. The molecule has 26 heavy (non-hydrogen) atoms. The Morgan fingerprint density at radius 2 is 1.58 bits per heavy atom. The fraction of sp³-hybridized carbons (Fsp3) is 0.333. The molecule has 0 spiro atoms. The number of carbonyl (C=O) groups excluding carboxylic acids is 2. The van der Waals surface area contributed by atoms with Gasteiger partial charge in [0.15, 0.2) is 0 Å². The Morgan fingerprint density at radius 3 is 2.23 bits per heavy atom. The van der Waals surface area contributed by atoms with E-state index in [1.54, 1.807) is 0 Å². The topological polar surface area (TPSA) is 70.2 Å². The highest BCUT2D eigenvalue weighted by molar-refractivity contribution is 5.95. The van der Waals surface area contributed by atoms with Gasteiger partial charge in [-0.3, -0.25) is 9.59 Å². The minimum absolute atomic E-state index is 0.0116. The zero-order valence-corrected chi connectivity index (χ0v) is 15.7. The Bertz CT molecular complexity index is 754. The van der Waals surface area contributed by atoms with Crippen molar-refractivity contribution < 1.29 is 9.59 Å². The molecular weight excluding hydrogens is 326 g/mol. The van der Waals surface area contributed by atoms with Crippen LogP contribution in [0.15, 0.2) is 42.5 Å². The molecule has 2 aromatic rings. The van der Waals surface area contributed by atoms with E-state index in [1.165, 1.54) is 0 Å². The minimum Gasteiger partial charge on any atom is -0.376 e. The van der Waals surface area contributed by atoms with E-state index < -0.39 is 0 Å². The van der Waals surface area contributed by atoms with Gasteiger partial charge >= 0.3 is 0 Å². The maximum absolute atomic E-state index is 12.3. The van der Waals surface area contributed by atoms with Crippen LogP contribution in [0.2, 0.25) is 0 Å². The molecule has 2 rings (SSSR count). The average Bonchev–Trinajstić information content (AvgIpc) is 2.63. The first kappa shape index (κ1) is 19.5. The predicted molar refractivity (Wildman–Crippen MR) is 108 cm³/mol. The number of benzene rings is 2. The molecule has 0 radical (unpaired) electrons. The number of hydrogen-bond acceptors (Lipinski definition) is 3. The van der Waals surface area contributed by atoms with Gasteiger partial charge in [-0.25, -0.2) is 0 Å². The molecule has 0 atom stereocenters. The molecule has 0 saturated carbocycles. The van der Waals surface area contributed by atoms with Gasteiger partial charge < -0.3 is 16.0 Å². The Kier molecular flexibility index (Phi) is 7.21. The SMILES string of the molecule is CCCC(=O)Nc1ccc(NCC(=O)Nc2c(C)cccc2CC)cc1. The molecule has 0 aliphatic heterocycles. The number of nitrogens with one attached hydrogen (secondary N) is 3. The zero-order chi connectivity index (χ0) is 18.9. The smallest absolute Gasteiger partial charge is 0.243 e. The van der Waals surface area contributed by atoms with Gasteiger partial charge in [-0.1, -0.05) is 32.0 Å². The molecule has 0 unspecified atom stereocenters. The number of rotatable bonds is 8. The van der Waals surface area contributed by atoms with E-state index in [1.807, 2.05) is 56.3 Å². The Morgan fingerprint density at radius 1 is 0.885 bits per heavy atom. The third kappa shape index (κ3) is 5.62. The van der Waals surface area contributed by atoms with Gasteiger partial charge in [-0.2, -0.15) is 0 Å². The highest BCUT2D eigenvalue weighted by atomic mass is 16.2. The number of aryl methyl sites for hydroxylation is 2. The highest BCUT2D eigenvalue weighted by Gasteiger charge is 2.08. The van der Waals surface area contributed by atoms with Crippen molar-refractivity contribution in [2.75, 3.05) is 22.5 Å². The van der Waals surface area contributed by atoms with Gasteiger partial charge in [0.05, 0.1) is 6.54 Å². The second kappa shape index (κ2) is 9.61. The van der Waals surface area contributed by atoms with E-state index in [4.69, 9.17) is 0 Å². The van der Waals surface area contributed by atoms with E-state index in [0.717, 1.165) is 41.0 Å². The van der Waals surface area contributed by atoms with Crippen LogP contribution in [0.3, 0.4) is 0 Å². The summed E-state index contributed by atoms with van der Waals surface area (Å²) in [6, 6.07) is 13.4. The summed E-state index contributed by atoms with van der Waals surface area (Å²) in [7, 11) is 0. The summed E-state index contributed by atoms with van der Waals surface area (Å²) in [6.45, 7) is 6.22. The summed E-state index contributed by atoms with van der Waals surface area (Å²) >= 11 is 0. The molecule has 0 aromatic heterocycles. The standard InChI is InChI=1S/C21H27N3O2/c1-4-7-19(25)23-18-12-10-17(11-13-18)22-14-20(26)24-21-15(3)8-6-9-16(21)5-2/h6,8-13,22H,4-5,7,14H2,1-3H3,(H,23,25)(H,24,26). The van der Waals surface area contributed by atoms with E-state index in [2.05, 4.69) is 22.9 Å². The van der Waals surface area contributed by atoms with Gasteiger partial charge in [0.25, 0.3) is 0 Å². The Labute approximate surface area is 155 Å². The summed E-state index contributed by atoms with van der Waals surface area (Å²) in [5.74, 6) is -0.0770. The van der Waals surface area contributed by atoms with Crippen molar-refractivity contribution in [3.8, 4) is 0 Å². The Hall–Kier alpha value is -2.82. The van der Waals surface area contributed by atoms with Gasteiger partial charge in [-0.05, 0) is 55.2 Å². The van der Waals surface area contributed by atoms with Crippen molar-refractivity contribution in [3.05, 3.63) is 53.6 Å². The fourth-order valence-electron chi connectivity index (χ4n) is 2.69. The van der Waals surface area contributed by atoms with Crippen LogP contribution >= 0.6 is 0 Å². The summed E-state index contributed by atoms with van der Waals surface area (Å²) < 4.78 is 0. The van der Waals surface area contributed by atoms with Gasteiger partial charge in [0.2, 0.25) is 11.8 Å². The normalized spacial score (nSPS) is 10.3. The number of para-hydroxylation sites is 1. The van der Waals surface area contributed by atoms with E-state index in [9.17, 15) is 9.59 Å². The van der Waals surface area contributed by atoms with Gasteiger partial charge in [-0.15, -0.1) is 0 Å². The van der Waals surface area contributed by atoms with Crippen LogP contribution in [-0.4, -0.2) is 18.4 Å². The lowest BCUT2D eigenvalue weighted by Crippen LogP contribution is -2.23. The van der Waals surface area contributed by atoms with Crippen LogP contribution in [0.4, 0.5) is 17.1 Å². The van der Waals surface area contributed by atoms with Crippen LogP contribution < -0.4 is 16.0 Å². The molecule has 0 aliphatic rings.